The first kappa shape index (κ1) is 15.1. The van der Waals surface area contributed by atoms with Crippen LogP contribution in [0.25, 0.3) is 11.6 Å². The highest BCUT2D eigenvalue weighted by Crippen LogP contribution is 2.23. The number of hydrogen-bond donors (Lipinski definition) is 0. The fourth-order valence-electron chi connectivity index (χ4n) is 2.06. The number of hydrogen-bond acceptors (Lipinski definition) is 5. The summed E-state index contributed by atoms with van der Waals surface area (Å²) in [6.07, 6.45) is 1.57. The van der Waals surface area contributed by atoms with Gasteiger partial charge in [-0.25, -0.2) is 0 Å². The predicted octanol–water partition coefficient (Wildman–Crippen LogP) is 4.27. The van der Waals surface area contributed by atoms with Crippen molar-refractivity contribution in [3.63, 3.8) is 0 Å². The maximum absolute atomic E-state index is 6.02. The van der Waals surface area contributed by atoms with Crippen LogP contribution in [-0.2, 0) is 13.1 Å². The second-order valence-electron chi connectivity index (χ2n) is 4.91. The molecule has 0 bridgehead atoms. The standard InChI is InChI=1S/C15H13Cl2N3O2/c1-20(8-10-4-5-11(16)12(17)7-10)9-14-18-15(19-22-14)13-3-2-6-21-13/h2-7H,8-9H2,1H3. The third-order valence-electron chi connectivity index (χ3n) is 3.05. The van der Waals surface area contributed by atoms with E-state index in [1.54, 1.807) is 24.5 Å². The van der Waals surface area contributed by atoms with E-state index in [4.69, 9.17) is 32.1 Å². The van der Waals surface area contributed by atoms with Gasteiger partial charge in [-0.2, -0.15) is 4.98 Å². The van der Waals surface area contributed by atoms with Crippen LogP contribution >= 0.6 is 23.2 Å². The molecule has 0 aliphatic carbocycles. The highest BCUT2D eigenvalue weighted by molar-refractivity contribution is 6.42. The number of aromatic nitrogens is 2. The van der Waals surface area contributed by atoms with E-state index < -0.39 is 0 Å². The third-order valence-corrected chi connectivity index (χ3v) is 3.79. The zero-order valence-corrected chi connectivity index (χ0v) is 13.3. The fourth-order valence-corrected chi connectivity index (χ4v) is 2.38. The minimum absolute atomic E-state index is 0.447. The van der Waals surface area contributed by atoms with E-state index in [1.165, 1.54) is 0 Å². The van der Waals surface area contributed by atoms with Crippen LogP contribution in [0.4, 0.5) is 0 Å². The molecule has 3 aromatic rings. The van der Waals surface area contributed by atoms with Crippen LogP contribution in [-0.4, -0.2) is 22.1 Å². The molecule has 3 rings (SSSR count). The predicted molar refractivity (Wildman–Crippen MR) is 83.6 cm³/mol. The van der Waals surface area contributed by atoms with Crippen LogP contribution in [0, 0.1) is 0 Å². The summed E-state index contributed by atoms with van der Waals surface area (Å²) >= 11 is 11.9. The number of rotatable bonds is 5. The molecule has 0 unspecified atom stereocenters. The molecule has 22 heavy (non-hydrogen) atoms. The first-order valence-electron chi connectivity index (χ1n) is 6.61. The van der Waals surface area contributed by atoms with E-state index in [9.17, 15) is 0 Å². The van der Waals surface area contributed by atoms with Crippen molar-refractivity contribution in [2.45, 2.75) is 13.1 Å². The summed E-state index contributed by atoms with van der Waals surface area (Å²) in [6, 6.07) is 9.14. The molecule has 0 fully saturated rings. The van der Waals surface area contributed by atoms with Gasteiger partial charge in [0, 0.05) is 6.54 Å². The highest BCUT2D eigenvalue weighted by Gasteiger charge is 2.13. The summed E-state index contributed by atoms with van der Waals surface area (Å²) < 4.78 is 10.5. The normalized spacial score (nSPS) is 11.3. The molecule has 0 spiro atoms. The van der Waals surface area contributed by atoms with Gasteiger partial charge in [-0.05, 0) is 36.9 Å². The van der Waals surface area contributed by atoms with Crippen molar-refractivity contribution in [2.24, 2.45) is 0 Å². The minimum Gasteiger partial charge on any atom is -0.461 e. The Morgan fingerprint density at radius 3 is 2.73 bits per heavy atom. The summed E-state index contributed by atoms with van der Waals surface area (Å²) in [5, 5.41) is 5.00. The van der Waals surface area contributed by atoms with Crippen molar-refractivity contribution in [3.05, 3.63) is 58.1 Å². The van der Waals surface area contributed by atoms with E-state index in [0.717, 1.165) is 5.56 Å². The lowest BCUT2D eigenvalue weighted by molar-refractivity contribution is 0.261. The first-order chi connectivity index (χ1) is 10.6. The number of nitrogens with zero attached hydrogens (tertiary/aromatic N) is 3. The van der Waals surface area contributed by atoms with Gasteiger partial charge in [-0.1, -0.05) is 34.4 Å². The van der Waals surface area contributed by atoms with E-state index >= 15 is 0 Å². The molecule has 5 nitrogen and oxygen atoms in total. The Morgan fingerprint density at radius 2 is 2.00 bits per heavy atom. The van der Waals surface area contributed by atoms with Gasteiger partial charge in [-0.3, -0.25) is 4.90 Å². The molecule has 0 saturated heterocycles. The maximum atomic E-state index is 6.02. The summed E-state index contributed by atoms with van der Waals surface area (Å²) in [5.41, 5.74) is 1.06. The number of halogens is 2. The first-order valence-corrected chi connectivity index (χ1v) is 7.36. The van der Waals surface area contributed by atoms with Gasteiger partial charge in [0.25, 0.3) is 0 Å². The lowest BCUT2D eigenvalue weighted by atomic mass is 10.2. The summed E-state index contributed by atoms with van der Waals surface area (Å²) in [7, 11) is 1.96. The quantitative estimate of drug-likeness (QED) is 0.695. The lowest BCUT2D eigenvalue weighted by Crippen LogP contribution is -2.17. The molecule has 0 N–H and O–H groups in total. The average molecular weight is 338 g/mol. The Morgan fingerprint density at radius 1 is 1.14 bits per heavy atom. The summed E-state index contributed by atoms with van der Waals surface area (Å²) in [5.74, 6) is 1.55. The van der Waals surface area contributed by atoms with Gasteiger partial charge in [0.15, 0.2) is 5.76 Å². The maximum Gasteiger partial charge on any atom is 0.241 e. The Hall–Kier alpha value is -1.82. The van der Waals surface area contributed by atoms with Crippen molar-refractivity contribution >= 4 is 23.2 Å². The SMILES string of the molecule is CN(Cc1ccc(Cl)c(Cl)c1)Cc1nc(-c2ccco2)no1. The van der Waals surface area contributed by atoms with Crippen LogP contribution in [0.3, 0.4) is 0 Å². The third kappa shape index (κ3) is 3.50. The zero-order chi connectivity index (χ0) is 15.5. The van der Waals surface area contributed by atoms with Gasteiger partial charge in [-0.15, -0.1) is 0 Å². The smallest absolute Gasteiger partial charge is 0.241 e. The van der Waals surface area contributed by atoms with Crippen LogP contribution in [0.2, 0.25) is 10.0 Å². The monoisotopic (exact) mass is 337 g/mol. The van der Waals surface area contributed by atoms with Crippen LogP contribution in [0.1, 0.15) is 11.5 Å². The van der Waals surface area contributed by atoms with Gasteiger partial charge in [0.1, 0.15) is 0 Å². The molecule has 0 aliphatic heterocycles. The Bertz CT molecular complexity index is 756. The van der Waals surface area contributed by atoms with E-state index in [2.05, 4.69) is 10.1 Å². The molecule has 0 radical (unpaired) electrons. The van der Waals surface area contributed by atoms with Crippen molar-refractivity contribution in [2.75, 3.05) is 7.05 Å². The van der Waals surface area contributed by atoms with E-state index in [1.807, 2.05) is 24.1 Å². The Labute approximate surface area is 137 Å². The fraction of sp³-hybridized carbons (Fsp3) is 0.200. The minimum atomic E-state index is 0.447. The van der Waals surface area contributed by atoms with Crippen LogP contribution in [0.5, 0.6) is 0 Å². The molecule has 1 aromatic carbocycles. The molecule has 0 saturated carbocycles. The molecule has 7 heteroatoms. The molecule has 2 heterocycles. The largest absolute Gasteiger partial charge is 0.461 e. The Balaban J connectivity index is 1.64. The molecule has 0 atom stereocenters. The second kappa shape index (κ2) is 6.52. The lowest BCUT2D eigenvalue weighted by Gasteiger charge is -2.14. The molecular formula is C15H13Cl2N3O2. The molecular weight excluding hydrogens is 325 g/mol. The van der Waals surface area contributed by atoms with Gasteiger partial charge in [0.2, 0.25) is 11.7 Å². The Kier molecular flexibility index (Phi) is 4.47. The number of benzene rings is 1. The van der Waals surface area contributed by atoms with Gasteiger partial charge < -0.3 is 8.94 Å². The van der Waals surface area contributed by atoms with Gasteiger partial charge in [0.05, 0.1) is 22.9 Å². The highest BCUT2D eigenvalue weighted by atomic mass is 35.5. The molecule has 0 aliphatic rings. The second-order valence-corrected chi connectivity index (χ2v) is 5.72. The van der Waals surface area contributed by atoms with Crippen LogP contribution < -0.4 is 0 Å². The number of furan rings is 1. The van der Waals surface area contributed by atoms with Crippen molar-refractivity contribution < 1.29 is 8.94 Å². The zero-order valence-electron chi connectivity index (χ0n) is 11.8. The van der Waals surface area contributed by atoms with Crippen molar-refractivity contribution in [3.8, 4) is 11.6 Å². The van der Waals surface area contributed by atoms with Crippen molar-refractivity contribution in [1.82, 2.24) is 15.0 Å². The van der Waals surface area contributed by atoms with Gasteiger partial charge >= 0.3 is 0 Å². The molecule has 0 amide bonds. The summed E-state index contributed by atoms with van der Waals surface area (Å²) in [6.45, 7) is 1.21. The van der Waals surface area contributed by atoms with Crippen molar-refractivity contribution in [1.29, 1.82) is 0 Å². The van der Waals surface area contributed by atoms with E-state index in [-0.39, 0.29) is 0 Å². The van der Waals surface area contributed by atoms with E-state index in [0.29, 0.717) is 40.6 Å². The molecule has 2 aromatic heterocycles. The summed E-state index contributed by atoms with van der Waals surface area (Å²) in [4.78, 5) is 6.35. The average Bonchev–Trinajstić information content (AvgIpc) is 3.13. The van der Waals surface area contributed by atoms with Crippen LogP contribution in [0.15, 0.2) is 45.5 Å². The topological polar surface area (TPSA) is 55.3 Å². The molecule has 114 valence electrons.